The van der Waals surface area contributed by atoms with E-state index in [0.717, 1.165) is 70.8 Å². The molecule has 0 spiro atoms. The van der Waals surface area contributed by atoms with Gasteiger partial charge in [0.15, 0.2) is 0 Å². The maximum Gasteiger partial charge on any atom is 0.224 e. The highest BCUT2D eigenvalue weighted by atomic mass is 16.5. The average Bonchev–Trinajstić information content (AvgIpc) is 3.28. The van der Waals surface area contributed by atoms with E-state index in [2.05, 4.69) is 74.8 Å². The van der Waals surface area contributed by atoms with Crippen LogP contribution in [-0.4, -0.2) is 73.2 Å². The number of morpholine rings is 1. The number of carbonyl (C=O) groups is 1. The number of para-hydroxylation sites is 1. The van der Waals surface area contributed by atoms with Gasteiger partial charge < -0.3 is 15.0 Å². The predicted octanol–water partition coefficient (Wildman–Crippen LogP) is 3.30. The van der Waals surface area contributed by atoms with Crippen LogP contribution in [-0.2, 0) is 22.5 Å². The first-order valence-electron chi connectivity index (χ1n) is 12.6. The van der Waals surface area contributed by atoms with Crippen LogP contribution < -0.4 is 5.32 Å². The number of fused-ring (bicyclic) bond motifs is 1. The highest BCUT2D eigenvalue weighted by molar-refractivity contribution is 5.83. The number of H-pyrrole nitrogens is 1. The molecule has 2 aromatic carbocycles. The molecule has 3 heterocycles. The Kier molecular flexibility index (Phi) is 7.59. The number of carbonyl (C=O) groups excluding carboxylic acids is 1. The summed E-state index contributed by atoms with van der Waals surface area (Å²) >= 11 is 0. The fourth-order valence-corrected chi connectivity index (χ4v) is 5.55. The molecule has 2 aliphatic heterocycles. The minimum absolute atomic E-state index is 0.0338. The topological polar surface area (TPSA) is 60.6 Å². The van der Waals surface area contributed by atoms with Gasteiger partial charge in [0.25, 0.3) is 0 Å². The molecule has 2 saturated heterocycles. The van der Waals surface area contributed by atoms with Crippen LogP contribution in [0.15, 0.2) is 60.8 Å². The number of hydrogen-bond donors (Lipinski definition) is 2. The number of piperidine rings is 1. The lowest BCUT2D eigenvalue weighted by atomic mass is 9.87. The number of likely N-dealkylation sites (tertiary alicyclic amines) is 1. The Hall–Kier alpha value is -2.67. The molecule has 2 N–H and O–H groups in total. The molecule has 0 aliphatic carbocycles. The second-order valence-electron chi connectivity index (χ2n) is 9.79. The molecule has 2 fully saturated rings. The summed E-state index contributed by atoms with van der Waals surface area (Å²) in [5.74, 6) is 0.732. The van der Waals surface area contributed by atoms with Gasteiger partial charge in [-0.1, -0.05) is 48.5 Å². The van der Waals surface area contributed by atoms with Crippen molar-refractivity contribution < 1.29 is 9.53 Å². The quantitative estimate of drug-likeness (QED) is 0.542. The first-order chi connectivity index (χ1) is 16.7. The maximum atomic E-state index is 13.2. The molecular formula is C28H36N4O2. The third-order valence-corrected chi connectivity index (χ3v) is 7.22. The lowest BCUT2D eigenvalue weighted by Gasteiger charge is -2.40. The fourth-order valence-electron chi connectivity index (χ4n) is 5.55. The Morgan fingerprint density at radius 3 is 2.65 bits per heavy atom. The molecule has 180 valence electrons. The van der Waals surface area contributed by atoms with Gasteiger partial charge in [0.05, 0.1) is 19.1 Å². The molecule has 5 rings (SSSR count). The van der Waals surface area contributed by atoms with Crippen LogP contribution in [0.1, 0.15) is 17.5 Å². The largest absolute Gasteiger partial charge is 0.379 e. The van der Waals surface area contributed by atoms with Crippen LogP contribution in [0.3, 0.4) is 0 Å². The SMILES string of the molecule is O=C(NCCc1c[nH]c2ccccc12)[C@@H]1C[C@H](CN2CCOCC2)CN(Cc2ccccc2)C1. The van der Waals surface area contributed by atoms with Crippen molar-refractivity contribution >= 4 is 16.8 Å². The Morgan fingerprint density at radius 1 is 1.00 bits per heavy atom. The summed E-state index contributed by atoms with van der Waals surface area (Å²) in [6.45, 7) is 8.12. The number of aromatic nitrogens is 1. The van der Waals surface area contributed by atoms with Crippen LogP contribution in [0.4, 0.5) is 0 Å². The summed E-state index contributed by atoms with van der Waals surface area (Å²) < 4.78 is 5.53. The number of hydrogen-bond acceptors (Lipinski definition) is 4. The van der Waals surface area contributed by atoms with E-state index < -0.39 is 0 Å². The van der Waals surface area contributed by atoms with Gasteiger partial charge in [-0.3, -0.25) is 14.6 Å². The van der Waals surface area contributed by atoms with Crippen molar-refractivity contribution in [3.8, 4) is 0 Å². The lowest BCUT2D eigenvalue weighted by molar-refractivity contribution is -0.127. The minimum atomic E-state index is 0.0338. The molecule has 34 heavy (non-hydrogen) atoms. The minimum Gasteiger partial charge on any atom is -0.379 e. The van der Waals surface area contributed by atoms with E-state index >= 15 is 0 Å². The van der Waals surface area contributed by atoms with E-state index in [1.54, 1.807) is 0 Å². The lowest BCUT2D eigenvalue weighted by Crippen LogP contribution is -2.50. The van der Waals surface area contributed by atoms with E-state index in [1.807, 2.05) is 6.07 Å². The predicted molar refractivity (Wildman–Crippen MR) is 136 cm³/mol. The van der Waals surface area contributed by atoms with Gasteiger partial charge in [-0.2, -0.15) is 0 Å². The molecule has 1 aromatic heterocycles. The van der Waals surface area contributed by atoms with Crippen molar-refractivity contribution in [1.29, 1.82) is 0 Å². The van der Waals surface area contributed by atoms with E-state index in [9.17, 15) is 4.79 Å². The maximum absolute atomic E-state index is 13.2. The Labute approximate surface area is 202 Å². The van der Waals surface area contributed by atoms with Gasteiger partial charge in [-0.05, 0) is 36.0 Å². The number of rotatable bonds is 8. The monoisotopic (exact) mass is 460 g/mol. The summed E-state index contributed by atoms with van der Waals surface area (Å²) in [5, 5.41) is 4.50. The first-order valence-corrected chi connectivity index (χ1v) is 12.6. The highest BCUT2D eigenvalue weighted by Gasteiger charge is 2.32. The molecule has 1 amide bonds. The van der Waals surface area contributed by atoms with Gasteiger partial charge in [-0.15, -0.1) is 0 Å². The summed E-state index contributed by atoms with van der Waals surface area (Å²) in [6, 6.07) is 19.0. The van der Waals surface area contributed by atoms with Gasteiger partial charge in [0.1, 0.15) is 0 Å². The Balaban J connectivity index is 1.20. The zero-order valence-corrected chi connectivity index (χ0v) is 19.9. The second kappa shape index (κ2) is 11.2. The third-order valence-electron chi connectivity index (χ3n) is 7.22. The molecule has 2 aliphatic rings. The van der Waals surface area contributed by atoms with Crippen LogP contribution >= 0.6 is 0 Å². The molecule has 0 saturated carbocycles. The number of amides is 1. The van der Waals surface area contributed by atoms with E-state index in [0.29, 0.717) is 12.5 Å². The van der Waals surface area contributed by atoms with Crippen molar-refractivity contribution in [2.75, 3.05) is 52.5 Å². The third kappa shape index (κ3) is 5.87. The fraction of sp³-hybridized carbons (Fsp3) is 0.464. The number of nitrogens with one attached hydrogen (secondary N) is 2. The van der Waals surface area contributed by atoms with Crippen LogP contribution in [0, 0.1) is 11.8 Å². The number of benzene rings is 2. The second-order valence-corrected chi connectivity index (χ2v) is 9.79. The molecule has 6 heteroatoms. The molecular weight excluding hydrogens is 424 g/mol. The van der Waals surface area contributed by atoms with Crippen LogP contribution in [0.2, 0.25) is 0 Å². The zero-order chi connectivity index (χ0) is 23.2. The number of aromatic amines is 1. The average molecular weight is 461 g/mol. The first kappa shape index (κ1) is 23.1. The van der Waals surface area contributed by atoms with E-state index in [-0.39, 0.29) is 11.8 Å². The molecule has 0 bridgehead atoms. The van der Waals surface area contributed by atoms with Gasteiger partial charge >= 0.3 is 0 Å². The van der Waals surface area contributed by atoms with E-state index in [1.165, 1.54) is 16.5 Å². The summed E-state index contributed by atoms with van der Waals surface area (Å²) in [7, 11) is 0. The van der Waals surface area contributed by atoms with Gasteiger partial charge in [0, 0.05) is 62.9 Å². The van der Waals surface area contributed by atoms with Crippen molar-refractivity contribution in [1.82, 2.24) is 20.1 Å². The summed E-state index contributed by atoms with van der Waals surface area (Å²) in [4.78, 5) is 21.6. The zero-order valence-electron chi connectivity index (χ0n) is 19.9. The number of ether oxygens (including phenoxy) is 1. The summed E-state index contributed by atoms with van der Waals surface area (Å²) in [6.07, 6.45) is 3.87. The van der Waals surface area contributed by atoms with Crippen molar-refractivity contribution in [3.63, 3.8) is 0 Å². The van der Waals surface area contributed by atoms with Crippen molar-refractivity contribution in [2.45, 2.75) is 19.4 Å². The standard InChI is InChI=1S/C28H36N4O2/c33-28(29-11-10-24-17-30-27-9-5-4-8-26(24)27)25-16-23(19-31-12-14-34-15-13-31)20-32(21-25)18-22-6-2-1-3-7-22/h1-9,17,23,25,30H,10-16,18-21H2,(H,29,33)/t23-,25-/m1/s1. The Morgan fingerprint density at radius 2 is 1.79 bits per heavy atom. The molecule has 2 atom stereocenters. The van der Waals surface area contributed by atoms with Crippen LogP contribution in [0.25, 0.3) is 10.9 Å². The van der Waals surface area contributed by atoms with Gasteiger partial charge in [-0.25, -0.2) is 0 Å². The smallest absolute Gasteiger partial charge is 0.224 e. The highest BCUT2D eigenvalue weighted by Crippen LogP contribution is 2.25. The molecule has 3 aromatic rings. The van der Waals surface area contributed by atoms with Crippen LogP contribution in [0.5, 0.6) is 0 Å². The van der Waals surface area contributed by atoms with Crippen molar-refractivity contribution in [2.24, 2.45) is 11.8 Å². The molecule has 6 nitrogen and oxygen atoms in total. The normalized spacial score (nSPS) is 22.1. The number of nitrogens with zero attached hydrogens (tertiary/aromatic N) is 2. The molecule has 0 unspecified atom stereocenters. The Bertz CT molecular complexity index is 1060. The molecule has 0 radical (unpaired) electrons. The summed E-state index contributed by atoms with van der Waals surface area (Å²) in [5.41, 5.74) is 3.72. The van der Waals surface area contributed by atoms with E-state index in [4.69, 9.17) is 4.74 Å². The van der Waals surface area contributed by atoms with Gasteiger partial charge in [0.2, 0.25) is 5.91 Å². The van der Waals surface area contributed by atoms with Crippen molar-refractivity contribution in [3.05, 3.63) is 71.9 Å².